The van der Waals surface area contributed by atoms with Crippen molar-refractivity contribution in [1.82, 2.24) is 15.5 Å². The maximum absolute atomic E-state index is 14.0. The second-order valence-electron chi connectivity index (χ2n) is 10.8. The number of phenolic OH excluding ortho intramolecular Hbond substituents is 1. The zero-order valence-electron chi connectivity index (χ0n) is 22.4. The van der Waals surface area contributed by atoms with E-state index in [9.17, 15) is 49.8 Å². The molecule has 1 aromatic carbocycles. The van der Waals surface area contributed by atoms with Crippen LogP contribution in [0.2, 0.25) is 0 Å². The summed E-state index contributed by atoms with van der Waals surface area (Å²) in [7, 11) is 2.97. The van der Waals surface area contributed by atoms with Crippen LogP contribution < -0.4 is 10.6 Å². The first kappa shape index (κ1) is 29.2. The number of nitrogens with zero attached hydrogens (tertiary/aromatic N) is 1. The number of rotatable bonds is 7. The maximum atomic E-state index is 14.0. The second-order valence-corrected chi connectivity index (χ2v) is 10.8. The van der Waals surface area contributed by atoms with Gasteiger partial charge in [0.2, 0.25) is 5.78 Å². The summed E-state index contributed by atoms with van der Waals surface area (Å²) < 4.78 is 0. The van der Waals surface area contributed by atoms with Crippen molar-refractivity contribution in [2.45, 2.75) is 50.0 Å². The van der Waals surface area contributed by atoms with Crippen LogP contribution in [0.5, 0.6) is 5.75 Å². The van der Waals surface area contributed by atoms with Crippen LogP contribution in [0.4, 0.5) is 0 Å². The lowest BCUT2D eigenvalue weighted by molar-refractivity contribution is -0.159. The van der Waals surface area contributed by atoms with Crippen molar-refractivity contribution >= 4 is 29.2 Å². The van der Waals surface area contributed by atoms with Crippen LogP contribution in [0.15, 0.2) is 35.1 Å². The Morgan fingerprint density at radius 2 is 1.80 bits per heavy atom. The predicted molar refractivity (Wildman–Crippen MR) is 139 cm³/mol. The molecule has 0 bridgehead atoms. The van der Waals surface area contributed by atoms with Crippen molar-refractivity contribution in [1.29, 1.82) is 0 Å². The Morgan fingerprint density at radius 3 is 2.38 bits per heavy atom. The molecule has 6 atom stereocenters. The van der Waals surface area contributed by atoms with Gasteiger partial charge >= 0.3 is 5.97 Å². The number of carboxylic acids is 1. The van der Waals surface area contributed by atoms with Crippen molar-refractivity contribution in [3.63, 3.8) is 0 Å². The molecule has 13 heteroatoms. The fraction of sp³-hybridized carbons (Fsp3) is 0.481. The molecule has 1 saturated carbocycles. The number of likely N-dealkylation sites (N-methyl/N-ethyl adjacent to an activating group) is 1. The maximum Gasteiger partial charge on any atom is 0.320 e. The lowest BCUT2D eigenvalue weighted by Gasteiger charge is -2.53. The van der Waals surface area contributed by atoms with Crippen molar-refractivity contribution in [3.8, 4) is 5.75 Å². The molecule has 0 spiro atoms. The molecule has 0 aromatic heterocycles. The predicted octanol–water partition coefficient (Wildman–Crippen LogP) is -0.330. The van der Waals surface area contributed by atoms with Gasteiger partial charge in [0.25, 0.3) is 5.91 Å². The molecular weight excluding hydrogens is 526 g/mol. The number of benzene rings is 1. The summed E-state index contributed by atoms with van der Waals surface area (Å²) in [6, 6.07) is 1.88. The Labute approximate surface area is 229 Å². The van der Waals surface area contributed by atoms with Crippen LogP contribution in [0, 0.1) is 11.8 Å². The molecular formula is C27H33N3O10. The molecule has 3 unspecified atom stereocenters. The first-order valence-electron chi connectivity index (χ1n) is 12.8. The fourth-order valence-corrected chi connectivity index (χ4v) is 6.23. The monoisotopic (exact) mass is 559 g/mol. The van der Waals surface area contributed by atoms with Crippen molar-refractivity contribution < 1.29 is 49.8 Å². The molecule has 4 rings (SSSR count). The van der Waals surface area contributed by atoms with Gasteiger partial charge in [0, 0.05) is 17.4 Å². The van der Waals surface area contributed by atoms with E-state index in [2.05, 4.69) is 10.6 Å². The number of carbonyl (C=O) groups excluding carboxylic acids is 3. The number of amides is 1. The Balaban J connectivity index is 1.84. The molecule has 0 aliphatic heterocycles. The molecule has 216 valence electrons. The highest BCUT2D eigenvalue weighted by molar-refractivity contribution is 6.25. The number of nitrogens with one attached hydrogen (secondary N) is 2. The van der Waals surface area contributed by atoms with E-state index < -0.39 is 93.6 Å². The molecule has 40 heavy (non-hydrogen) atoms. The molecule has 0 heterocycles. The average Bonchev–Trinajstić information content (AvgIpc) is 2.86. The summed E-state index contributed by atoms with van der Waals surface area (Å²) in [5.41, 5.74) is -6.07. The third-order valence-electron chi connectivity index (χ3n) is 8.30. The number of carbonyl (C=O) groups is 4. The van der Waals surface area contributed by atoms with Gasteiger partial charge in [0.05, 0.1) is 23.9 Å². The highest BCUT2D eigenvalue weighted by Crippen LogP contribution is 2.57. The number of fused-ring (bicyclic) bond motifs is 3. The van der Waals surface area contributed by atoms with E-state index in [0.717, 1.165) is 0 Å². The number of aromatic hydroxyl groups is 1. The minimum Gasteiger partial charge on any atom is -0.508 e. The number of aliphatic hydroxyl groups is 4. The number of aliphatic carboxylic acids is 1. The fourth-order valence-electron chi connectivity index (χ4n) is 6.23. The quantitative estimate of drug-likeness (QED) is 0.159. The number of aliphatic hydroxyl groups excluding tert-OH is 2. The van der Waals surface area contributed by atoms with Crippen LogP contribution >= 0.6 is 0 Å². The number of phenols is 1. The Bertz CT molecular complexity index is 1360. The Kier molecular flexibility index (Phi) is 7.30. The van der Waals surface area contributed by atoms with E-state index in [-0.39, 0.29) is 24.0 Å². The molecule has 8 N–H and O–H groups in total. The van der Waals surface area contributed by atoms with Gasteiger partial charge < -0.3 is 36.0 Å². The van der Waals surface area contributed by atoms with Crippen LogP contribution in [0.1, 0.15) is 37.8 Å². The first-order chi connectivity index (χ1) is 18.6. The molecule has 0 radical (unpaired) electrons. The summed E-state index contributed by atoms with van der Waals surface area (Å²) in [5, 5.41) is 70.3. The highest BCUT2D eigenvalue weighted by Gasteiger charge is 2.66. The number of ketones is 2. The molecule has 0 saturated heterocycles. The van der Waals surface area contributed by atoms with E-state index in [1.165, 1.54) is 44.1 Å². The third kappa shape index (κ3) is 4.08. The average molecular weight is 560 g/mol. The number of hydrogen-bond donors (Lipinski definition) is 8. The van der Waals surface area contributed by atoms with Crippen molar-refractivity contribution in [3.05, 3.63) is 46.2 Å². The van der Waals surface area contributed by atoms with E-state index in [1.807, 2.05) is 0 Å². The largest absolute Gasteiger partial charge is 0.508 e. The lowest BCUT2D eigenvalue weighted by atomic mass is 9.54. The standard InChI is InChI=1S/C27H33N3O10/c1-5-14(25(37)38)28-10-29-24(36)18-21(33)19(30(3)4)13-9-12-17(22(34)27(13,40)23(18)35)20(32)16-11(26(12,2)39)7-6-8-15(16)31/h6-8,12-14,19,28,31-32,35,39-40H,5,9-10H2,1-4H3,(H,29,36)(H,37,38)/t12-,13-,14?,19?,26+,27?/m1/s1. The first-order valence-corrected chi connectivity index (χ1v) is 12.8. The normalized spacial score (nSPS) is 30.5. The summed E-state index contributed by atoms with van der Waals surface area (Å²) >= 11 is 0. The van der Waals surface area contributed by atoms with Crippen molar-refractivity contribution in [2.75, 3.05) is 20.8 Å². The van der Waals surface area contributed by atoms with E-state index in [0.29, 0.717) is 0 Å². The van der Waals surface area contributed by atoms with Crippen LogP contribution in [-0.4, -0.2) is 97.4 Å². The minimum absolute atomic E-state index is 0.139. The van der Waals surface area contributed by atoms with Gasteiger partial charge in [-0.3, -0.25) is 29.4 Å². The summed E-state index contributed by atoms with van der Waals surface area (Å²) in [6.45, 7) is 2.59. The van der Waals surface area contributed by atoms with Crippen LogP contribution in [0.3, 0.4) is 0 Å². The zero-order chi connectivity index (χ0) is 29.9. The number of carboxylic acid groups (broad SMARTS) is 1. The molecule has 3 aliphatic rings. The van der Waals surface area contributed by atoms with E-state index in [1.54, 1.807) is 6.92 Å². The second kappa shape index (κ2) is 10.0. The minimum atomic E-state index is -2.84. The molecule has 13 nitrogen and oxygen atoms in total. The van der Waals surface area contributed by atoms with E-state index in [4.69, 9.17) is 0 Å². The SMILES string of the molecule is CCC(NCNC(=O)C1=C(O)C2(O)C(=O)C3=C(O)c4c(O)cccc4[C@](C)(O)[C@@H]3C[C@@H]2C(N(C)C)C1=O)C(=O)O. The summed E-state index contributed by atoms with van der Waals surface area (Å²) in [5.74, 6) is -9.23. The molecule has 1 aromatic rings. The van der Waals surface area contributed by atoms with Crippen molar-refractivity contribution in [2.24, 2.45) is 11.8 Å². The Hall–Kier alpha value is -3.78. The highest BCUT2D eigenvalue weighted by atomic mass is 16.4. The lowest BCUT2D eigenvalue weighted by Crippen LogP contribution is -2.67. The summed E-state index contributed by atoms with van der Waals surface area (Å²) in [6.07, 6.45) is -0.0609. The number of Topliss-reactive ketones (excluding diaryl/α,β-unsaturated/α-hetero) is 2. The van der Waals surface area contributed by atoms with Crippen LogP contribution in [-0.2, 0) is 24.8 Å². The van der Waals surface area contributed by atoms with Gasteiger partial charge in [-0.05, 0) is 45.5 Å². The van der Waals surface area contributed by atoms with Crippen LogP contribution in [0.25, 0.3) is 5.76 Å². The molecule has 1 fully saturated rings. The molecule has 3 aliphatic carbocycles. The van der Waals surface area contributed by atoms with Gasteiger partial charge in [0.15, 0.2) is 11.4 Å². The topological polar surface area (TPSA) is 217 Å². The Morgan fingerprint density at radius 1 is 1.15 bits per heavy atom. The van der Waals surface area contributed by atoms with Gasteiger partial charge in [-0.15, -0.1) is 0 Å². The third-order valence-corrected chi connectivity index (χ3v) is 8.30. The number of hydrogen-bond acceptors (Lipinski definition) is 11. The van der Waals surface area contributed by atoms with Gasteiger partial charge in [-0.25, -0.2) is 0 Å². The smallest absolute Gasteiger partial charge is 0.320 e. The van der Waals surface area contributed by atoms with E-state index >= 15 is 0 Å². The zero-order valence-corrected chi connectivity index (χ0v) is 22.4. The van der Waals surface area contributed by atoms with Gasteiger partial charge in [-0.1, -0.05) is 19.1 Å². The van der Waals surface area contributed by atoms with Gasteiger partial charge in [0.1, 0.15) is 28.9 Å². The molecule has 1 amide bonds. The van der Waals surface area contributed by atoms with Gasteiger partial charge in [-0.2, -0.15) is 0 Å². The summed E-state index contributed by atoms with van der Waals surface area (Å²) in [4.78, 5) is 53.3.